The number of anilines is 1. The number of carbonyl (C=O) groups is 1. The van der Waals surface area contributed by atoms with Gasteiger partial charge in [0.05, 0.1) is 0 Å². The molecule has 5 heteroatoms. The molecule has 1 heterocycles. The van der Waals surface area contributed by atoms with Crippen LogP contribution >= 0.6 is 22.9 Å². The third-order valence-electron chi connectivity index (χ3n) is 2.86. The molecule has 0 aliphatic rings. The second-order valence-corrected chi connectivity index (χ2v) is 5.88. The summed E-state index contributed by atoms with van der Waals surface area (Å²) in [6, 6.07) is 7.49. The average Bonchev–Trinajstić information content (AvgIpc) is 2.73. The number of aromatic carboxylic acids is 1. The Hall–Kier alpha value is -1.52. The third-order valence-corrected chi connectivity index (χ3v) is 4.49. The Bertz CT molecular complexity index is 622. The Labute approximate surface area is 120 Å². The van der Waals surface area contributed by atoms with Crippen LogP contribution in [-0.2, 0) is 6.54 Å². The fourth-order valence-electron chi connectivity index (χ4n) is 1.69. The van der Waals surface area contributed by atoms with E-state index in [-0.39, 0.29) is 0 Å². The monoisotopic (exact) mass is 295 g/mol. The number of rotatable bonds is 4. The van der Waals surface area contributed by atoms with Gasteiger partial charge in [-0.15, -0.1) is 11.3 Å². The zero-order valence-corrected chi connectivity index (χ0v) is 12.2. The van der Waals surface area contributed by atoms with E-state index in [9.17, 15) is 4.79 Å². The van der Waals surface area contributed by atoms with Crippen molar-refractivity contribution in [1.29, 1.82) is 0 Å². The number of hydrogen-bond acceptors (Lipinski definition) is 3. The molecule has 0 aliphatic heterocycles. The Kier molecular flexibility index (Phi) is 4.12. The van der Waals surface area contributed by atoms with Gasteiger partial charge in [0.15, 0.2) is 0 Å². The zero-order chi connectivity index (χ0) is 14.0. The Morgan fingerprint density at radius 1 is 1.32 bits per heavy atom. The van der Waals surface area contributed by atoms with Crippen LogP contribution in [0.1, 0.15) is 25.7 Å². The van der Waals surface area contributed by atoms with Gasteiger partial charge in [0.1, 0.15) is 4.88 Å². The lowest BCUT2D eigenvalue weighted by Gasteiger charge is -2.07. The fraction of sp³-hybridized carbons (Fsp3) is 0.214. The molecule has 0 spiro atoms. The summed E-state index contributed by atoms with van der Waals surface area (Å²) in [5.41, 5.74) is 2.96. The van der Waals surface area contributed by atoms with Crippen molar-refractivity contribution in [3.05, 3.63) is 50.2 Å². The largest absolute Gasteiger partial charge is 0.477 e. The summed E-state index contributed by atoms with van der Waals surface area (Å²) in [5, 5.41) is 12.9. The van der Waals surface area contributed by atoms with Crippen LogP contribution in [0, 0.1) is 13.8 Å². The molecular weight excluding hydrogens is 282 g/mol. The van der Waals surface area contributed by atoms with Crippen LogP contribution in [0.5, 0.6) is 0 Å². The Morgan fingerprint density at radius 3 is 2.63 bits per heavy atom. The van der Waals surface area contributed by atoms with Crippen LogP contribution < -0.4 is 5.32 Å². The molecule has 0 fully saturated rings. The van der Waals surface area contributed by atoms with Gasteiger partial charge in [0.25, 0.3) is 0 Å². The van der Waals surface area contributed by atoms with Crippen molar-refractivity contribution in [3.63, 3.8) is 0 Å². The van der Waals surface area contributed by atoms with Crippen LogP contribution in [-0.4, -0.2) is 11.1 Å². The van der Waals surface area contributed by atoms with E-state index in [4.69, 9.17) is 16.7 Å². The quantitative estimate of drug-likeness (QED) is 0.882. The molecule has 2 rings (SSSR count). The van der Waals surface area contributed by atoms with Crippen LogP contribution in [0.15, 0.2) is 24.3 Å². The first kappa shape index (κ1) is 13.9. The molecule has 2 N–H and O–H groups in total. The van der Waals surface area contributed by atoms with E-state index < -0.39 is 5.97 Å². The molecule has 0 amide bonds. The van der Waals surface area contributed by atoms with Crippen molar-refractivity contribution in [3.8, 4) is 0 Å². The maximum atomic E-state index is 10.9. The van der Waals surface area contributed by atoms with Crippen LogP contribution in [0.4, 0.5) is 5.69 Å². The van der Waals surface area contributed by atoms with Gasteiger partial charge < -0.3 is 10.4 Å². The number of carboxylic acids is 1. The van der Waals surface area contributed by atoms with Gasteiger partial charge >= 0.3 is 5.97 Å². The second-order valence-electron chi connectivity index (χ2n) is 4.34. The number of nitrogens with one attached hydrogen (secondary N) is 1. The predicted octanol–water partition coefficient (Wildman–Crippen LogP) is 4.33. The van der Waals surface area contributed by atoms with Gasteiger partial charge in [0, 0.05) is 22.1 Å². The maximum Gasteiger partial charge on any atom is 0.345 e. The average molecular weight is 296 g/mol. The number of aryl methyl sites for hydroxylation is 2. The highest BCUT2D eigenvalue weighted by Gasteiger charge is 2.10. The first-order valence-electron chi connectivity index (χ1n) is 5.80. The highest BCUT2D eigenvalue weighted by molar-refractivity contribution is 7.14. The number of benzene rings is 1. The van der Waals surface area contributed by atoms with E-state index >= 15 is 0 Å². The van der Waals surface area contributed by atoms with E-state index in [1.165, 1.54) is 11.3 Å². The first-order valence-corrected chi connectivity index (χ1v) is 6.99. The van der Waals surface area contributed by atoms with Gasteiger partial charge in [-0.1, -0.05) is 17.7 Å². The normalized spacial score (nSPS) is 10.5. The van der Waals surface area contributed by atoms with Gasteiger partial charge in [-0.25, -0.2) is 4.79 Å². The molecule has 0 bridgehead atoms. The zero-order valence-electron chi connectivity index (χ0n) is 10.7. The summed E-state index contributed by atoms with van der Waals surface area (Å²) in [5.74, 6) is -0.877. The molecule has 3 nitrogen and oxygen atoms in total. The Morgan fingerprint density at radius 2 is 2.05 bits per heavy atom. The van der Waals surface area contributed by atoms with Crippen molar-refractivity contribution < 1.29 is 9.90 Å². The summed E-state index contributed by atoms with van der Waals surface area (Å²) in [6.07, 6.45) is 0. The molecule has 0 saturated heterocycles. The molecule has 2 aromatic rings. The lowest BCUT2D eigenvalue weighted by atomic mass is 10.2. The highest BCUT2D eigenvalue weighted by Crippen LogP contribution is 2.24. The molecule has 0 unspecified atom stereocenters. The van der Waals surface area contributed by atoms with E-state index in [1.807, 2.05) is 32.0 Å². The van der Waals surface area contributed by atoms with E-state index in [0.29, 0.717) is 11.4 Å². The van der Waals surface area contributed by atoms with Gasteiger partial charge in [-0.3, -0.25) is 0 Å². The SMILES string of the molecule is Cc1ccc(NCc2sc(C(=O)O)cc2C)cc1Cl. The predicted molar refractivity (Wildman–Crippen MR) is 79.5 cm³/mol. The maximum absolute atomic E-state index is 10.9. The molecule has 19 heavy (non-hydrogen) atoms. The lowest BCUT2D eigenvalue weighted by Crippen LogP contribution is -1.98. The van der Waals surface area contributed by atoms with Crippen molar-refractivity contribution >= 4 is 34.6 Å². The van der Waals surface area contributed by atoms with Crippen LogP contribution in [0.25, 0.3) is 0 Å². The van der Waals surface area contributed by atoms with Gasteiger partial charge in [-0.2, -0.15) is 0 Å². The Balaban J connectivity index is 2.09. The molecule has 0 radical (unpaired) electrons. The van der Waals surface area contributed by atoms with Gasteiger partial charge in [0.2, 0.25) is 0 Å². The van der Waals surface area contributed by atoms with Crippen LogP contribution in [0.2, 0.25) is 5.02 Å². The standard InChI is InChI=1S/C14H14ClNO2S/c1-8-3-4-10(6-11(8)15)16-7-13-9(2)5-12(19-13)14(17)18/h3-6,16H,7H2,1-2H3,(H,17,18). The van der Waals surface area contributed by atoms with Crippen molar-refractivity contribution in [2.75, 3.05) is 5.32 Å². The fourth-order valence-corrected chi connectivity index (χ4v) is 2.82. The van der Waals surface area contributed by atoms with Crippen molar-refractivity contribution in [1.82, 2.24) is 0 Å². The minimum atomic E-state index is -0.877. The summed E-state index contributed by atoms with van der Waals surface area (Å²) >= 11 is 7.36. The summed E-state index contributed by atoms with van der Waals surface area (Å²) in [7, 11) is 0. The summed E-state index contributed by atoms with van der Waals surface area (Å²) in [4.78, 5) is 12.3. The van der Waals surface area contributed by atoms with Crippen LogP contribution in [0.3, 0.4) is 0 Å². The minimum Gasteiger partial charge on any atom is -0.477 e. The third kappa shape index (κ3) is 3.28. The molecule has 0 aliphatic carbocycles. The molecule has 100 valence electrons. The van der Waals surface area contributed by atoms with E-state index in [2.05, 4.69) is 5.32 Å². The van der Waals surface area contributed by atoms with E-state index in [0.717, 1.165) is 26.7 Å². The second kappa shape index (κ2) is 5.63. The molecule has 0 saturated carbocycles. The summed E-state index contributed by atoms with van der Waals surface area (Å²) < 4.78 is 0. The molecule has 1 aromatic carbocycles. The number of halogens is 1. The number of thiophene rings is 1. The van der Waals surface area contributed by atoms with Gasteiger partial charge in [-0.05, 0) is 43.2 Å². The topological polar surface area (TPSA) is 49.3 Å². The van der Waals surface area contributed by atoms with E-state index in [1.54, 1.807) is 6.07 Å². The van der Waals surface area contributed by atoms with Crippen molar-refractivity contribution in [2.45, 2.75) is 20.4 Å². The smallest absolute Gasteiger partial charge is 0.345 e. The number of hydrogen-bond donors (Lipinski definition) is 2. The first-order chi connectivity index (χ1) is 8.97. The summed E-state index contributed by atoms with van der Waals surface area (Å²) in [6.45, 7) is 4.47. The highest BCUT2D eigenvalue weighted by atomic mass is 35.5. The lowest BCUT2D eigenvalue weighted by molar-refractivity contribution is 0.0702. The minimum absolute atomic E-state index is 0.372. The molecule has 0 atom stereocenters. The number of carboxylic acid groups (broad SMARTS) is 1. The molecule has 1 aromatic heterocycles. The van der Waals surface area contributed by atoms with Crippen molar-refractivity contribution in [2.24, 2.45) is 0 Å². The molecular formula is C14H14ClNO2S.